The quantitative estimate of drug-likeness (QED) is 0.213. The van der Waals surface area contributed by atoms with Crippen LogP contribution in [0.4, 0.5) is 17.1 Å². The molecule has 34 heavy (non-hydrogen) atoms. The van der Waals surface area contributed by atoms with Gasteiger partial charge >= 0.3 is 5.97 Å². The lowest BCUT2D eigenvalue weighted by Gasteiger charge is -2.21. The van der Waals surface area contributed by atoms with Crippen molar-refractivity contribution in [3.63, 3.8) is 0 Å². The van der Waals surface area contributed by atoms with Crippen LogP contribution in [-0.2, 0) is 19.6 Å². The monoisotopic (exact) mass is 501 g/mol. The molecule has 0 atom stereocenters. The van der Waals surface area contributed by atoms with Crippen molar-refractivity contribution >= 4 is 61.5 Å². The van der Waals surface area contributed by atoms with E-state index in [2.05, 4.69) is 5.32 Å². The summed E-state index contributed by atoms with van der Waals surface area (Å²) in [5.41, 5.74) is 0.961. The van der Waals surface area contributed by atoms with Crippen molar-refractivity contribution in [3.8, 4) is 0 Å². The fourth-order valence-electron chi connectivity index (χ4n) is 3.62. The van der Waals surface area contributed by atoms with E-state index in [9.17, 15) is 28.1 Å². The highest BCUT2D eigenvalue weighted by molar-refractivity contribution is 8.00. The van der Waals surface area contributed by atoms with Crippen molar-refractivity contribution in [2.75, 3.05) is 29.0 Å². The Labute approximate surface area is 199 Å². The molecular formula is C22H19N3O7S2. The third-order valence-corrected chi connectivity index (χ3v) is 8.05. The zero-order chi connectivity index (χ0) is 24.6. The van der Waals surface area contributed by atoms with Gasteiger partial charge in [-0.2, -0.15) is 0 Å². The van der Waals surface area contributed by atoms with Crippen LogP contribution < -0.4 is 9.62 Å². The van der Waals surface area contributed by atoms with E-state index in [4.69, 9.17) is 4.74 Å². The second kappa shape index (κ2) is 8.95. The van der Waals surface area contributed by atoms with E-state index in [0.717, 1.165) is 33.6 Å². The van der Waals surface area contributed by atoms with Crippen LogP contribution in [-0.4, -0.2) is 44.6 Å². The molecule has 0 spiro atoms. The number of anilines is 2. The molecule has 1 heterocycles. The summed E-state index contributed by atoms with van der Waals surface area (Å²) in [6, 6.07) is 11.9. The largest absolute Gasteiger partial charge is 0.465 e. The molecule has 0 bridgehead atoms. The van der Waals surface area contributed by atoms with Gasteiger partial charge in [0.15, 0.2) is 0 Å². The van der Waals surface area contributed by atoms with Gasteiger partial charge in [0.1, 0.15) is 0 Å². The number of rotatable bonds is 8. The van der Waals surface area contributed by atoms with Gasteiger partial charge in [0.2, 0.25) is 0 Å². The predicted molar refractivity (Wildman–Crippen MR) is 128 cm³/mol. The number of nitro benzene ring substituents is 1. The molecule has 0 radical (unpaired) electrons. The lowest BCUT2D eigenvalue weighted by atomic mass is 10.0. The van der Waals surface area contributed by atoms with Crippen LogP contribution >= 0.6 is 11.8 Å². The predicted octanol–water partition coefficient (Wildman–Crippen LogP) is 3.79. The van der Waals surface area contributed by atoms with Gasteiger partial charge in [-0.3, -0.25) is 24.0 Å². The fourth-order valence-corrected chi connectivity index (χ4v) is 5.76. The summed E-state index contributed by atoms with van der Waals surface area (Å²) in [6.45, 7) is 1.80. The number of hydrogen-bond acceptors (Lipinski definition) is 8. The summed E-state index contributed by atoms with van der Waals surface area (Å²) in [5, 5.41) is 15.6. The molecule has 176 valence electrons. The van der Waals surface area contributed by atoms with Crippen molar-refractivity contribution in [1.29, 1.82) is 0 Å². The number of ether oxygens (including phenoxy) is 1. The van der Waals surface area contributed by atoms with Crippen molar-refractivity contribution in [3.05, 3.63) is 64.2 Å². The SMILES string of the molecule is CCOC(=O)CSc1cc(S(=O)(=O)N(C)c2cc3c4c(cccc4c2)NC3=O)ccc1[N+](=O)[O-]. The van der Waals surface area contributed by atoms with Gasteiger partial charge in [0.05, 0.1) is 38.3 Å². The Morgan fingerprint density at radius 2 is 1.97 bits per heavy atom. The van der Waals surface area contributed by atoms with Crippen molar-refractivity contribution in [2.45, 2.75) is 16.7 Å². The molecule has 0 unspecified atom stereocenters. The Balaban J connectivity index is 1.72. The second-order valence-corrected chi connectivity index (χ2v) is 10.3. The number of benzene rings is 3. The average Bonchev–Trinajstić information content (AvgIpc) is 3.13. The minimum Gasteiger partial charge on any atom is -0.465 e. The van der Waals surface area contributed by atoms with Gasteiger partial charge in [0.25, 0.3) is 21.6 Å². The Kier molecular flexibility index (Phi) is 6.19. The first-order chi connectivity index (χ1) is 16.1. The molecule has 0 saturated heterocycles. The van der Waals surface area contributed by atoms with E-state index in [0.29, 0.717) is 16.6 Å². The second-order valence-electron chi connectivity index (χ2n) is 7.30. The van der Waals surface area contributed by atoms with E-state index >= 15 is 0 Å². The molecule has 0 fully saturated rings. The van der Waals surface area contributed by atoms with Crippen LogP contribution in [0.1, 0.15) is 17.3 Å². The Morgan fingerprint density at radius 1 is 1.21 bits per heavy atom. The minimum atomic E-state index is -4.15. The summed E-state index contributed by atoms with van der Waals surface area (Å²) < 4.78 is 32.6. The number of carbonyl (C=O) groups excluding carboxylic acids is 2. The van der Waals surface area contributed by atoms with Gasteiger partial charge in [0, 0.05) is 24.2 Å². The molecule has 3 aromatic rings. The molecule has 1 aliphatic heterocycles. The third kappa shape index (κ3) is 4.17. The van der Waals surface area contributed by atoms with Crippen LogP contribution in [0.2, 0.25) is 0 Å². The highest BCUT2D eigenvalue weighted by atomic mass is 32.2. The zero-order valence-electron chi connectivity index (χ0n) is 18.1. The normalized spacial score (nSPS) is 12.5. The van der Waals surface area contributed by atoms with E-state index < -0.39 is 20.9 Å². The number of hydrogen-bond donors (Lipinski definition) is 1. The molecule has 0 aliphatic carbocycles. The maximum Gasteiger partial charge on any atom is 0.316 e. The fraction of sp³-hybridized carbons (Fsp3) is 0.182. The molecule has 1 N–H and O–H groups in total. The van der Waals surface area contributed by atoms with E-state index in [1.807, 2.05) is 0 Å². The van der Waals surface area contributed by atoms with Crippen molar-refractivity contribution in [1.82, 2.24) is 0 Å². The summed E-state index contributed by atoms with van der Waals surface area (Å²) in [5.74, 6) is -1.11. The number of nitrogens with zero attached hydrogens (tertiary/aromatic N) is 2. The molecule has 12 heteroatoms. The van der Waals surface area contributed by atoms with Gasteiger partial charge in [-0.15, -0.1) is 11.8 Å². The van der Waals surface area contributed by atoms with E-state index in [1.165, 1.54) is 19.2 Å². The molecule has 0 saturated carbocycles. The molecule has 0 aromatic heterocycles. The van der Waals surface area contributed by atoms with E-state index in [1.54, 1.807) is 31.2 Å². The molecule has 1 aliphatic rings. The maximum absolute atomic E-state index is 13.4. The Bertz CT molecular complexity index is 1450. The summed E-state index contributed by atoms with van der Waals surface area (Å²) >= 11 is 0.824. The van der Waals surface area contributed by atoms with Crippen molar-refractivity contribution in [2.24, 2.45) is 0 Å². The number of nitro groups is 1. The topological polar surface area (TPSA) is 136 Å². The Hall–Kier alpha value is -3.64. The van der Waals surface area contributed by atoms with E-state index in [-0.39, 0.29) is 39.4 Å². The van der Waals surface area contributed by atoms with Gasteiger partial charge in [-0.05, 0) is 42.6 Å². The number of carbonyl (C=O) groups is 2. The first-order valence-corrected chi connectivity index (χ1v) is 12.5. The van der Waals surface area contributed by atoms with Crippen LogP contribution in [0, 0.1) is 10.1 Å². The number of sulfonamides is 1. The van der Waals surface area contributed by atoms with Crippen LogP contribution in [0.15, 0.2) is 58.3 Å². The highest BCUT2D eigenvalue weighted by Gasteiger charge is 2.28. The third-order valence-electron chi connectivity index (χ3n) is 5.26. The average molecular weight is 502 g/mol. The van der Waals surface area contributed by atoms with Crippen LogP contribution in [0.5, 0.6) is 0 Å². The van der Waals surface area contributed by atoms with Gasteiger partial charge in [-0.25, -0.2) is 8.42 Å². The summed E-state index contributed by atoms with van der Waals surface area (Å²) in [4.78, 5) is 34.7. The lowest BCUT2D eigenvalue weighted by Crippen LogP contribution is -2.26. The van der Waals surface area contributed by atoms with Crippen molar-refractivity contribution < 1.29 is 27.7 Å². The first kappa shape index (κ1) is 23.5. The summed E-state index contributed by atoms with van der Waals surface area (Å²) in [6.07, 6.45) is 0. The summed E-state index contributed by atoms with van der Waals surface area (Å²) in [7, 11) is -2.81. The van der Waals surface area contributed by atoms with Crippen LogP contribution in [0.25, 0.3) is 10.8 Å². The number of esters is 1. The molecule has 10 nitrogen and oxygen atoms in total. The Morgan fingerprint density at radius 3 is 2.68 bits per heavy atom. The molecule has 4 rings (SSSR count). The molecule has 1 amide bonds. The van der Waals surface area contributed by atoms with Gasteiger partial charge < -0.3 is 10.1 Å². The first-order valence-electron chi connectivity index (χ1n) is 10.1. The molecule has 3 aromatic carbocycles. The zero-order valence-corrected chi connectivity index (χ0v) is 19.7. The standard InChI is InChI=1S/C22H19N3O7S2/c1-3-32-20(26)12-33-19-11-15(7-8-18(19)25(28)29)34(30,31)24(2)14-9-13-5-4-6-17-21(13)16(10-14)22(27)23-17/h4-11H,3,12H2,1-2H3,(H,23,27). The maximum atomic E-state index is 13.4. The number of amides is 1. The molecular weight excluding hydrogens is 482 g/mol. The number of thioether (sulfide) groups is 1. The smallest absolute Gasteiger partial charge is 0.316 e. The van der Waals surface area contributed by atoms with Crippen LogP contribution in [0.3, 0.4) is 0 Å². The highest BCUT2D eigenvalue weighted by Crippen LogP contribution is 2.38. The minimum absolute atomic E-state index is 0.0219. The van der Waals surface area contributed by atoms with Gasteiger partial charge in [-0.1, -0.05) is 12.1 Å². The number of nitrogens with one attached hydrogen (secondary N) is 1. The lowest BCUT2D eigenvalue weighted by molar-refractivity contribution is -0.387.